The van der Waals surface area contributed by atoms with Crippen molar-refractivity contribution in [3.63, 3.8) is 0 Å². The van der Waals surface area contributed by atoms with Crippen molar-refractivity contribution in [1.29, 1.82) is 0 Å². The molecule has 0 spiro atoms. The lowest BCUT2D eigenvalue weighted by Gasteiger charge is -2.32. The van der Waals surface area contributed by atoms with Crippen molar-refractivity contribution < 1.29 is 9.90 Å². The van der Waals surface area contributed by atoms with Crippen LogP contribution in [0.25, 0.3) is 0 Å². The van der Waals surface area contributed by atoms with E-state index in [-0.39, 0.29) is 18.0 Å². The summed E-state index contributed by atoms with van der Waals surface area (Å²) in [6.45, 7) is 4.06. The van der Waals surface area contributed by atoms with E-state index in [0.29, 0.717) is 6.54 Å². The highest BCUT2D eigenvalue weighted by atomic mass is 16.3. The molecule has 3 unspecified atom stereocenters. The number of fused-ring (bicyclic) bond motifs is 1. The first-order chi connectivity index (χ1) is 13.6. The van der Waals surface area contributed by atoms with Crippen LogP contribution in [-0.2, 0) is 17.8 Å². The second-order valence-corrected chi connectivity index (χ2v) is 7.93. The highest BCUT2D eigenvalue weighted by molar-refractivity contribution is 5.73. The van der Waals surface area contributed by atoms with Gasteiger partial charge in [-0.3, -0.25) is 9.69 Å². The second-order valence-electron chi connectivity index (χ2n) is 7.93. The van der Waals surface area contributed by atoms with E-state index < -0.39 is 6.10 Å². The number of amides is 1. The van der Waals surface area contributed by atoms with Gasteiger partial charge in [0.1, 0.15) is 6.33 Å². The highest BCUT2D eigenvalue weighted by Crippen LogP contribution is 2.35. The van der Waals surface area contributed by atoms with Gasteiger partial charge in [0.05, 0.1) is 6.10 Å². The normalized spacial score (nSPS) is 25.1. The third kappa shape index (κ3) is 3.93. The van der Waals surface area contributed by atoms with Gasteiger partial charge in [0.25, 0.3) is 0 Å². The fraction of sp³-hybridized carbons (Fsp3) is 0.500. The number of rotatable bonds is 4. The van der Waals surface area contributed by atoms with Crippen LogP contribution in [-0.4, -0.2) is 56.0 Å². The molecule has 1 amide bonds. The fourth-order valence-electron chi connectivity index (χ4n) is 4.73. The van der Waals surface area contributed by atoms with Crippen LogP contribution in [0.1, 0.15) is 49.0 Å². The molecule has 1 N–H and O–H groups in total. The minimum atomic E-state index is -0.418. The van der Waals surface area contributed by atoms with Crippen molar-refractivity contribution in [1.82, 2.24) is 19.8 Å². The number of benzene rings is 1. The average Bonchev–Trinajstić information content (AvgIpc) is 2.89. The second kappa shape index (κ2) is 8.37. The zero-order valence-corrected chi connectivity index (χ0v) is 16.4. The quantitative estimate of drug-likeness (QED) is 0.882. The van der Waals surface area contributed by atoms with Crippen LogP contribution < -0.4 is 0 Å². The molecule has 0 bridgehead atoms. The van der Waals surface area contributed by atoms with Gasteiger partial charge in [-0.1, -0.05) is 24.3 Å². The lowest BCUT2D eigenvalue weighted by molar-refractivity contribution is -0.132. The number of aliphatic hydroxyl groups is 1. The molecule has 148 valence electrons. The molecule has 1 aromatic carbocycles. The van der Waals surface area contributed by atoms with Crippen LogP contribution in [0.5, 0.6) is 0 Å². The molecule has 2 aliphatic rings. The van der Waals surface area contributed by atoms with E-state index in [1.165, 1.54) is 11.9 Å². The van der Waals surface area contributed by atoms with Gasteiger partial charge in [-0.15, -0.1) is 0 Å². The molecule has 1 saturated heterocycles. The SMILES string of the molecule is CC(=O)N(Cc1cncnc1)C1CCCN(C2Cc3ccccc3C2O)CC1. The molecule has 2 aromatic rings. The molecule has 1 fully saturated rings. The third-order valence-electron chi connectivity index (χ3n) is 6.18. The topological polar surface area (TPSA) is 69.6 Å². The number of carbonyl (C=O) groups is 1. The Balaban J connectivity index is 1.42. The summed E-state index contributed by atoms with van der Waals surface area (Å²) in [7, 11) is 0. The average molecular weight is 380 g/mol. The number of nitrogens with zero attached hydrogens (tertiary/aromatic N) is 4. The minimum Gasteiger partial charge on any atom is -0.387 e. The Morgan fingerprint density at radius 2 is 2.00 bits per heavy atom. The number of carbonyl (C=O) groups excluding carboxylic acids is 1. The van der Waals surface area contributed by atoms with E-state index in [1.807, 2.05) is 23.1 Å². The number of aliphatic hydroxyl groups excluding tert-OH is 1. The van der Waals surface area contributed by atoms with E-state index in [4.69, 9.17) is 0 Å². The summed E-state index contributed by atoms with van der Waals surface area (Å²) in [5.41, 5.74) is 3.29. The Hall–Kier alpha value is -2.31. The zero-order valence-electron chi connectivity index (χ0n) is 16.4. The van der Waals surface area contributed by atoms with Gasteiger partial charge < -0.3 is 10.0 Å². The molecule has 4 rings (SSSR count). The fourth-order valence-corrected chi connectivity index (χ4v) is 4.73. The van der Waals surface area contributed by atoms with Crippen molar-refractivity contribution in [3.8, 4) is 0 Å². The molecular weight excluding hydrogens is 352 g/mol. The Morgan fingerprint density at radius 1 is 1.21 bits per heavy atom. The molecule has 2 heterocycles. The van der Waals surface area contributed by atoms with Gasteiger partial charge in [0.2, 0.25) is 5.91 Å². The van der Waals surface area contributed by atoms with E-state index in [9.17, 15) is 9.90 Å². The van der Waals surface area contributed by atoms with Crippen LogP contribution in [0, 0.1) is 0 Å². The van der Waals surface area contributed by atoms with Crippen LogP contribution >= 0.6 is 0 Å². The summed E-state index contributed by atoms with van der Waals surface area (Å²) >= 11 is 0. The summed E-state index contributed by atoms with van der Waals surface area (Å²) in [5.74, 6) is 0.0932. The standard InChI is InChI=1S/C22H28N4O2/c1-16(27)26(14-17-12-23-15-24-13-17)19-6-4-9-25(10-8-19)21-11-18-5-2-3-7-20(18)22(21)28/h2-3,5,7,12-13,15,19,21-22,28H,4,6,8-11,14H2,1H3. The summed E-state index contributed by atoms with van der Waals surface area (Å²) < 4.78 is 0. The van der Waals surface area contributed by atoms with Gasteiger partial charge in [-0.2, -0.15) is 0 Å². The molecule has 1 aromatic heterocycles. The molecule has 1 aliphatic carbocycles. The van der Waals surface area contributed by atoms with Crippen molar-refractivity contribution in [2.75, 3.05) is 13.1 Å². The van der Waals surface area contributed by atoms with Gasteiger partial charge in [-0.25, -0.2) is 9.97 Å². The Bertz CT molecular complexity index is 813. The maximum Gasteiger partial charge on any atom is 0.219 e. The van der Waals surface area contributed by atoms with Gasteiger partial charge in [-0.05, 0) is 43.4 Å². The Morgan fingerprint density at radius 3 is 2.75 bits per heavy atom. The lowest BCUT2D eigenvalue weighted by atomic mass is 10.1. The lowest BCUT2D eigenvalue weighted by Crippen LogP contribution is -2.41. The molecule has 0 saturated carbocycles. The van der Waals surface area contributed by atoms with Crippen molar-refractivity contribution in [2.45, 2.75) is 57.3 Å². The van der Waals surface area contributed by atoms with Crippen LogP contribution in [0.3, 0.4) is 0 Å². The predicted molar refractivity (Wildman–Crippen MR) is 106 cm³/mol. The van der Waals surface area contributed by atoms with Gasteiger partial charge in [0.15, 0.2) is 0 Å². The van der Waals surface area contributed by atoms with Gasteiger partial charge >= 0.3 is 0 Å². The van der Waals surface area contributed by atoms with Gasteiger partial charge in [0, 0.05) is 50.1 Å². The van der Waals surface area contributed by atoms with Crippen LogP contribution in [0.2, 0.25) is 0 Å². The first-order valence-electron chi connectivity index (χ1n) is 10.1. The number of hydrogen-bond acceptors (Lipinski definition) is 5. The maximum absolute atomic E-state index is 12.3. The Labute approximate surface area is 166 Å². The first kappa shape index (κ1) is 19.0. The smallest absolute Gasteiger partial charge is 0.219 e. The summed E-state index contributed by atoms with van der Waals surface area (Å²) in [6.07, 6.45) is 8.48. The van der Waals surface area contributed by atoms with Crippen LogP contribution in [0.4, 0.5) is 0 Å². The van der Waals surface area contributed by atoms with E-state index in [1.54, 1.807) is 19.3 Å². The van der Waals surface area contributed by atoms with Crippen molar-refractivity contribution in [3.05, 3.63) is 59.7 Å². The maximum atomic E-state index is 12.3. The van der Waals surface area contributed by atoms with Crippen LogP contribution in [0.15, 0.2) is 43.0 Å². The molecule has 0 radical (unpaired) electrons. The monoisotopic (exact) mass is 380 g/mol. The molecule has 3 atom stereocenters. The molecule has 1 aliphatic heterocycles. The van der Waals surface area contributed by atoms with E-state index in [0.717, 1.165) is 49.9 Å². The minimum absolute atomic E-state index is 0.0932. The summed E-state index contributed by atoms with van der Waals surface area (Å²) in [4.78, 5) is 24.9. The third-order valence-corrected chi connectivity index (χ3v) is 6.18. The number of likely N-dealkylation sites (tertiary alicyclic amines) is 1. The number of hydrogen-bond donors (Lipinski definition) is 1. The van der Waals surface area contributed by atoms with Crippen molar-refractivity contribution in [2.24, 2.45) is 0 Å². The molecule has 6 heteroatoms. The Kier molecular flexibility index (Phi) is 5.69. The molecule has 28 heavy (non-hydrogen) atoms. The van der Waals surface area contributed by atoms with E-state index >= 15 is 0 Å². The van der Waals surface area contributed by atoms with Crippen molar-refractivity contribution >= 4 is 5.91 Å². The molecule has 6 nitrogen and oxygen atoms in total. The van der Waals surface area contributed by atoms with E-state index in [2.05, 4.69) is 20.9 Å². The zero-order chi connectivity index (χ0) is 19.5. The summed E-state index contributed by atoms with van der Waals surface area (Å²) in [5, 5.41) is 10.8. The highest BCUT2D eigenvalue weighted by Gasteiger charge is 2.36. The number of aromatic nitrogens is 2. The molecular formula is C22H28N4O2. The first-order valence-corrected chi connectivity index (χ1v) is 10.1. The largest absolute Gasteiger partial charge is 0.387 e. The summed E-state index contributed by atoms with van der Waals surface area (Å²) in [6, 6.07) is 8.57. The predicted octanol–water partition coefficient (Wildman–Crippen LogP) is 2.34.